The maximum Gasteiger partial charge on any atom is 0.407 e. The summed E-state index contributed by atoms with van der Waals surface area (Å²) in [5, 5.41) is 14.5. The SMILES string of the molecule is COc1cc(Cl)c(-c2noc(C3CC3)c2COC2CC3CC2CN3C(=O)O)c(Cl)c1. The Morgan fingerprint density at radius 2 is 2.03 bits per heavy atom. The molecule has 1 saturated heterocycles. The number of fused-ring (bicyclic) bond motifs is 2. The summed E-state index contributed by atoms with van der Waals surface area (Å²) in [7, 11) is 1.56. The van der Waals surface area contributed by atoms with Crippen molar-refractivity contribution in [3.8, 4) is 17.0 Å². The van der Waals surface area contributed by atoms with E-state index < -0.39 is 6.09 Å². The molecular formula is C21H22Cl2N2O5. The van der Waals surface area contributed by atoms with E-state index in [9.17, 15) is 9.90 Å². The summed E-state index contributed by atoms with van der Waals surface area (Å²) in [5.74, 6) is 1.99. The van der Waals surface area contributed by atoms with Crippen molar-refractivity contribution >= 4 is 29.3 Å². The number of hydrogen-bond acceptors (Lipinski definition) is 5. The first kappa shape index (κ1) is 20.0. The Bertz CT molecular complexity index is 967. The second kappa shape index (κ2) is 7.62. The molecule has 3 unspecified atom stereocenters. The van der Waals surface area contributed by atoms with Gasteiger partial charge in [0.1, 0.15) is 17.2 Å². The highest BCUT2D eigenvalue weighted by Gasteiger charge is 2.47. The number of amides is 1. The van der Waals surface area contributed by atoms with E-state index >= 15 is 0 Å². The third-order valence-corrected chi connectivity index (χ3v) is 7.02. The minimum Gasteiger partial charge on any atom is -0.497 e. The molecule has 30 heavy (non-hydrogen) atoms. The number of ether oxygens (including phenoxy) is 2. The first-order valence-electron chi connectivity index (χ1n) is 10.1. The van der Waals surface area contributed by atoms with Crippen LogP contribution in [0.25, 0.3) is 11.3 Å². The van der Waals surface area contributed by atoms with Crippen molar-refractivity contribution in [2.45, 2.75) is 50.4 Å². The second-order valence-corrected chi connectivity index (χ2v) is 9.10. The molecular weight excluding hydrogens is 431 g/mol. The molecule has 3 aliphatic rings. The number of carboxylic acid groups (broad SMARTS) is 1. The lowest BCUT2D eigenvalue weighted by molar-refractivity contribution is -0.00788. The molecule has 160 valence electrons. The zero-order valence-corrected chi connectivity index (χ0v) is 17.9. The molecule has 3 atom stereocenters. The van der Waals surface area contributed by atoms with Crippen LogP contribution in [-0.4, -0.2) is 47.1 Å². The molecule has 1 aromatic heterocycles. The number of aromatic nitrogens is 1. The molecule has 2 saturated carbocycles. The van der Waals surface area contributed by atoms with E-state index in [-0.39, 0.29) is 18.1 Å². The Kier molecular flexibility index (Phi) is 5.08. The Hall–Kier alpha value is -1.96. The van der Waals surface area contributed by atoms with Crippen molar-refractivity contribution in [1.29, 1.82) is 0 Å². The van der Waals surface area contributed by atoms with Crippen LogP contribution in [0.2, 0.25) is 10.0 Å². The average molecular weight is 453 g/mol. The Morgan fingerprint density at radius 1 is 1.30 bits per heavy atom. The standard InChI is InChI=1S/C21H22Cl2N2O5/c1-28-13-6-15(22)18(16(23)7-13)19-14(20(30-24-19)10-2-3-10)9-29-17-5-12-4-11(17)8-25(12)21(26)27/h6-7,10-12,17H,2-5,8-9H2,1H3,(H,26,27). The molecule has 3 fully saturated rings. The second-order valence-electron chi connectivity index (χ2n) is 8.28. The zero-order valence-electron chi connectivity index (χ0n) is 16.4. The molecule has 1 N–H and O–H groups in total. The molecule has 1 aliphatic heterocycles. The fourth-order valence-corrected chi connectivity index (χ4v) is 5.40. The van der Waals surface area contributed by atoms with Crippen LogP contribution in [-0.2, 0) is 11.3 Å². The maximum absolute atomic E-state index is 11.3. The van der Waals surface area contributed by atoms with E-state index in [1.54, 1.807) is 19.2 Å². The molecule has 2 aliphatic carbocycles. The predicted octanol–water partition coefficient (Wildman–Crippen LogP) is 5.19. The van der Waals surface area contributed by atoms with Gasteiger partial charge in [0.25, 0.3) is 0 Å². The fourth-order valence-electron chi connectivity index (χ4n) is 4.75. The number of nitrogens with zero attached hydrogens (tertiary/aromatic N) is 2. The van der Waals surface area contributed by atoms with Gasteiger partial charge in [0.05, 0.1) is 29.9 Å². The lowest BCUT2D eigenvalue weighted by Crippen LogP contribution is -2.41. The fraction of sp³-hybridized carbons (Fsp3) is 0.524. The van der Waals surface area contributed by atoms with Crippen LogP contribution in [0.3, 0.4) is 0 Å². The summed E-state index contributed by atoms with van der Waals surface area (Å²) in [4.78, 5) is 12.8. The van der Waals surface area contributed by atoms with Gasteiger partial charge in [-0.25, -0.2) is 4.79 Å². The molecule has 2 bridgehead atoms. The smallest absolute Gasteiger partial charge is 0.407 e. The van der Waals surface area contributed by atoms with Crippen LogP contribution in [0.15, 0.2) is 16.7 Å². The normalized spacial score (nSPS) is 25.2. The van der Waals surface area contributed by atoms with Crippen molar-refractivity contribution < 1.29 is 23.9 Å². The summed E-state index contributed by atoms with van der Waals surface area (Å²) in [6.45, 7) is 0.872. The molecule has 0 radical (unpaired) electrons. The van der Waals surface area contributed by atoms with Crippen LogP contribution in [0.4, 0.5) is 4.79 Å². The van der Waals surface area contributed by atoms with Gasteiger partial charge in [-0.2, -0.15) is 0 Å². The van der Waals surface area contributed by atoms with Gasteiger partial charge >= 0.3 is 6.09 Å². The van der Waals surface area contributed by atoms with E-state index in [1.807, 2.05) is 0 Å². The quantitative estimate of drug-likeness (QED) is 0.648. The highest BCUT2D eigenvalue weighted by Crippen LogP contribution is 2.47. The summed E-state index contributed by atoms with van der Waals surface area (Å²) >= 11 is 13.0. The molecule has 5 rings (SSSR count). The van der Waals surface area contributed by atoms with E-state index in [0.717, 1.165) is 37.0 Å². The maximum atomic E-state index is 11.3. The number of rotatable bonds is 6. The number of halogens is 2. The largest absolute Gasteiger partial charge is 0.497 e. The van der Waals surface area contributed by atoms with Crippen molar-refractivity contribution in [1.82, 2.24) is 10.1 Å². The lowest BCUT2D eigenvalue weighted by Gasteiger charge is -2.29. The molecule has 1 aromatic carbocycles. The van der Waals surface area contributed by atoms with Crippen LogP contribution >= 0.6 is 23.2 Å². The first-order chi connectivity index (χ1) is 14.5. The number of benzene rings is 1. The molecule has 1 amide bonds. The van der Waals surface area contributed by atoms with Gasteiger partial charge in [-0.1, -0.05) is 28.4 Å². The minimum atomic E-state index is -0.845. The highest BCUT2D eigenvalue weighted by atomic mass is 35.5. The van der Waals surface area contributed by atoms with E-state index in [2.05, 4.69) is 5.16 Å². The van der Waals surface area contributed by atoms with Crippen molar-refractivity contribution in [3.63, 3.8) is 0 Å². The molecule has 2 aromatic rings. The van der Waals surface area contributed by atoms with Crippen LogP contribution in [0.1, 0.15) is 42.9 Å². The summed E-state index contributed by atoms with van der Waals surface area (Å²) < 4.78 is 17.2. The summed E-state index contributed by atoms with van der Waals surface area (Å²) in [6.07, 6.45) is 2.89. The summed E-state index contributed by atoms with van der Waals surface area (Å²) in [6, 6.07) is 3.46. The van der Waals surface area contributed by atoms with E-state index in [0.29, 0.717) is 46.1 Å². The highest BCUT2D eigenvalue weighted by molar-refractivity contribution is 6.39. The Balaban J connectivity index is 1.40. The molecule has 7 nitrogen and oxygen atoms in total. The van der Waals surface area contributed by atoms with Crippen LogP contribution < -0.4 is 4.74 Å². The summed E-state index contributed by atoms with van der Waals surface area (Å²) in [5.41, 5.74) is 2.09. The molecule has 9 heteroatoms. The van der Waals surface area contributed by atoms with Crippen LogP contribution in [0, 0.1) is 5.92 Å². The number of methoxy groups -OCH3 is 1. The number of likely N-dealkylation sites (tertiary alicyclic amines) is 1. The van der Waals surface area contributed by atoms with E-state index in [4.69, 9.17) is 37.2 Å². The number of carbonyl (C=O) groups is 1. The van der Waals surface area contributed by atoms with Gasteiger partial charge in [-0.15, -0.1) is 0 Å². The molecule has 0 spiro atoms. The van der Waals surface area contributed by atoms with Crippen LogP contribution in [0.5, 0.6) is 5.75 Å². The first-order valence-corrected chi connectivity index (χ1v) is 10.8. The van der Waals surface area contributed by atoms with E-state index in [1.165, 1.54) is 4.90 Å². The van der Waals surface area contributed by atoms with Crippen molar-refractivity contribution in [2.75, 3.05) is 13.7 Å². The lowest BCUT2D eigenvalue weighted by atomic mass is 10.0. The minimum absolute atomic E-state index is 0.0298. The Labute approximate surface area is 183 Å². The Morgan fingerprint density at radius 3 is 2.60 bits per heavy atom. The predicted molar refractivity (Wildman–Crippen MR) is 110 cm³/mol. The number of hydrogen-bond donors (Lipinski definition) is 1. The van der Waals surface area contributed by atoms with Gasteiger partial charge in [-0.05, 0) is 37.8 Å². The molecule has 2 heterocycles. The van der Waals surface area contributed by atoms with Gasteiger partial charge in [0.15, 0.2) is 0 Å². The van der Waals surface area contributed by atoms with Gasteiger partial charge in [0.2, 0.25) is 0 Å². The topological polar surface area (TPSA) is 85.0 Å². The average Bonchev–Trinajstić information content (AvgIpc) is 3.17. The zero-order chi connectivity index (χ0) is 21.0. The van der Waals surface area contributed by atoms with Gasteiger partial charge in [-0.3, -0.25) is 0 Å². The van der Waals surface area contributed by atoms with Crippen molar-refractivity contribution in [2.24, 2.45) is 5.92 Å². The third kappa shape index (κ3) is 3.43. The number of piperidine rings is 1. The monoisotopic (exact) mass is 452 g/mol. The third-order valence-electron chi connectivity index (χ3n) is 6.42. The van der Waals surface area contributed by atoms with Gasteiger partial charge < -0.3 is 24.0 Å². The van der Waals surface area contributed by atoms with Gasteiger partial charge in [0, 0.05) is 35.5 Å². The van der Waals surface area contributed by atoms with Crippen molar-refractivity contribution in [3.05, 3.63) is 33.5 Å².